The maximum Gasteiger partial charge on any atom is 0.123 e. The lowest BCUT2D eigenvalue weighted by molar-refractivity contribution is 0.410. The average Bonchev–Trinajstić information content (AvgIpc) is 2.37. The van der Waals surface area contributed by atoms with Crippen LogP contribution in [0.25, 0.3) is 0 Å². The summed E-state index contributed by atoms with van der Waals surface area (Å²) in [5, 5.41) is 4.18. The molecule has 0 spiro atoms. The van der Waals surface area contributed by atoms with Crippen molar-refractivity contribution in [2.24, 2.45) is 0 Å². The fourth-order valence-electron chi connectivity index (χ4n) is 2.26. The van der Waals surface area contributed by atoms with Crippen molar-refractivity contribution in [3.05, 3.63) is 56.5 Å². The number of benzene rings is 2. The molecule has 106 valence electrons. The van der Waals surface area contributed by atoms with Gasteiger partial charge in [-0.25, -0.2) is 0 Å². The highest BCUT2D eigenvalue weighted by atomic mass is 79.9. The molecular weight excluding hydrogens is 338 g/mol. The first kappa shape index (κ1) is 15.2. The Morgan fingerprint density at radius 2 is 1.80 bits per heavy atom. The lowest BCUT2D eigenvalue weighted by Crippen LogP contribution is -2.04. The van der Waals surface area contributed by atoms with Crippen molar-refractivity contribution in [1.82, 2.24) is 0 Å². The van der Waals surface area contributed by atoms with E-state index in [2.05, 4.69) is 47.2 Å². The number of nitrogens with one attached hydrogen (secondary N) is 1. The van der Waals surface area contributed by atoms with E-state index in [0.717, 1.165) is 21.5 Å². The SMILES string of the molecule is COc1ccc(Cl)cc1CNc1c(C)cc(Br)cc1C. The van der Waals surface area contributed by atoms with E-state index >= 15 is 0 Å². The zero-order chi connectivity index (χ0) is 14.7. The molecule has 2 aromatic carbocycles. The summed E-state index contributed by atoms with van der Waals surface area (Å²) in [6, 6.07) is 9.85. The normalized spacial score (nSPS) is 10.4. The Balaban J connectivity index is 2.23. The van der Waals surface area contributed by atoms with Crippen LogP contribution in [0.3, 0.4) is 0 Å². The molecule has 0 aliphatic rings. The average molecular weight is 355 g/mol. The van der Waals surface area contributed by atoms with E-state index in [1.54, 1.807) is 7.11 Å². The van der Waals surface area contributed by atoms with Gasteiger partial charge in [0.05, 0.1) is 7.11 Å². The maximum absolute atomic E-state index is 6.05. The lowest BCUT2D eigenvalue weighted by atomic mass is 10.1. The van der Waals surface area contributed by atoms with E-state index in [9.17, 15) is 0 Å². The van der Waals surface area contributed by atoms with Gasteiger partial charge in [0.1, 0.15) is 5.75 Å². The summed E-state index contributed by atoms with van der Waals surface area (Å²) in [6.07, 6.45) is 0. The fourth-order valence-corrected chi connectivity index (χ4v) is 3.14. The van der Waals surface area contributed by atoms with Crippen molar-refractivity contribution in [3.63, 3.8) is 0 Å². The van der Waals surface area contributed by atoms with Crippen LogP contribution >= 0.6 is 27.5 Å². The van der Waals surface area contributed by atoms with E-state index in [4.69, 9.17) is 16.3 Å². The van der Waals surface area contributed by atoms with Gasteiger partial charge in [-0.3, -0.25) is 0 Å². The second kappa shape index (κ2) is 6.51. The highest BCUT2D eigenvalue weighted by Crippen LogP contribution is 2.28. The fraction of sp³-hybridized carbons (Fsp3) is 0.250. The number of ether oxygens (including phenoxy) is 1. The minimum absolute atomic E-state index is 0.674. The Labute approximate surface area is 133 Å². The van der Waals surface area contributed by atoms with Crippen molar-refractivity contribution in [2.75, 3.05) is 12.4 Å². The van der Waals surface area contributed by atoms with Crippen LogP contribution in [0.1, 0.15) is 16.7 Å². The summed E-state index contributed by atoms with van der Waals surface area (Å²) in [5.41, 5.74) is 4.60. The third kappa shape index (κ3) is 3.47. The predicted molar refractivity (Wildman–Crippen MR) is 88.9 cm³/mol. The minimum atomic E-state index is 0.674. The topological polar surface area (TPSA) is 21.3 Å². The number of anilines is 1. The number of methoxy groups -OCH3 is 1. The van der Waals surface area contributed by atoms with Gasteiger partial charge < -0.3 is 10.1 Å². The molecule has 0 amide bonds. The minimum Gasteiger partial charge on any atom is -0.496 e. The zero-order valence-corrected chi connectivity index (χ0v) is 14.1. The summed E-state index contributed by atoms with van der Waals surface area (Å²) in [4.78, 5) is 0. The quantitative estimate of drug-likeness (QED) is 0.800. The number of rotatable bonds is 4. The molecule has 0 aliphatic carbocycles. The predicted octanol–water partition coefficient (Wildman–Crippen LogP) is 5.34. The second-order valence-electron chi connectivity index (χ2n) is 4.72. The van der Waals surface area contributed by atoms with Crippen LogP contribution in [-0.4, -0.2) is 7.11 Å². The van der Waals surface area contributed by atoms with Crippen molar-refractivity contribution in [2.45, 2.75) is 20.4 Å². The standard InChI is InChI=1S/C16H17BrClNO/c1-10-6-13(17)7-11(2)16(10)19-9-12-8-14(18)4-5-15(12)20-3/h4-8,19H,9H2,1-3H3. The molecule has 0 fully saturated rings. The molecule has 0 atom stereocenters. The van der Waals surface area contributed by atoms with Crippen LogP contribution < -0.4 is 10.1 Å². The molecule has 0 heterocycles. The summed E-state index contributed by atoms with van der Waals surface area (Å²) >= 11 is 9.56. The van der Waals surface area contributed by atoms with Gasteiger partial charge in [0.2, 0.25) is 0 Å². The van der Waals surface area contributed by atoms with E-state index in [0.29, 0.717) is 11.6 Å². The summed E-state index contributed by atoms with van der Waals surface area (Å²) in [5.74, 6) is 0.842. The molecule has 0 bridgehead atoms. The first-order valence-electron chi connectivity index (χ1n) is 6.34. The number of hydrogen-bond donors (Lipinski definition) is 1. The van der Waals surface area contributed by atoms with Gasteiger partial charge in [-0.1, -0.05) is 27.5 Å². The number of hydrogen-bond acceptors (Lipinski definition) is 2. The molecule has 0 saturated carbocycles. The molecule has 20 heavy (non-hydrogen) atoms. The molecule has 0 unspecified atom stereocenters. The monoisotopic (exact) mass is 353 g/mol. The van der Waals surface area contributed by atoms with E-state index in [1.807, 2.05) is 18.2 Å². The summed E-state index contributed by atoms with van der Waals surface area (Å²) in [6.45, 7) is 4.86. The van der Waals surface area contributed by atoms with Crippen molar-refractivity contribution in [3.8, 4) is 5.75 Å². The molecule has 2 aromatic rings. The van der Waals surface area contributed by atoms with Gasteiger partial charge >= 0.3 is 0 Å². The van der Waals surface area contributed by atoms with Crippen LogP contribution in [-0.2, 0) is 6.54 Å². The summed E-state index contributed by atoms with van der Waals surface area (Å²) < 4.78 is 6.46. The molecule has 2 nitrogen and oxygen atoms in total. The number of halogens is 2. The van der Waals surface area contributed by atoms with E-state index in [-0.39, 0.29) is 0 Å². The van der Waals surface area contributed by atoms with Crippen LogP contribution in [0.5, 0.6) is 5.75 Å². The van der Waals surface area contributed by atoms with E-state index < -0.39 is 0 Å². The van der Waals surface area contributed by atoms with E-state index in [1.165, 1.54) is 11.1 Å². The van der Waals surface area contributed by atoms with Gasteiger partial charge in [-0.05, 0) is 55.3 Å². The third-order valence-corrected chi connectivity index (χ3v) is 3.89. The molecule has 4 heteroatoms. The highest BCUT2D eigenvalue weighted by molar-refractivity contribution is 9.10. The molecule has 0 saturated heterocycles. The van der Waals surface area contributed by atoms with Crippen molar-refractivity contribution < 1.29 is 4.74 Å². The molecule has 0 aromatic heterocycles. The third-order valence-electron chi connectivity index (χ3n) is 3.20. The van der Waals surface area contributed by atoms with Gasteiger partial charge in [-0.2, -0.15) is 0 Å². The first-order chi connectivity index (χ1) is 9.51. The maximum atomic E-state index is 6.05. The lowest BCUT2D eigenvalue weighted by Gasteiger charge is -2.15. The van der Waals surface area contributed by atoms with Gasteiger partial charge in [0, 0.05) is 27.3 Å². The molecule has 0 radical (unpaired) electrons. The Bertz CT molecular complexity index is 605. The Morgan fingerprint density at radius 1 is 1.15 bits per heavy atom. The molecule has 2 rings (SSSR count). The molecule has 1 N–H and O–H groups in total. The Kier molecular flexibility index (Phi) is 4.95. The van der Waals surface area contributed by atoms with Crippen LogP contribution in [0.4, 0.5) is 5.69 Å². The first-order valence-corrected chi connectivity index (χ1v) is 7.51. The largest absolute Gasteiger partial charge is 0.496 e. The summed E-state index contributed by atoms with van der Waals surface area (Å²) in [7, 11) is 1.67. The van der Waals surface area contributed by atoms with Gasteiger partial charge in [0.25, 0.3) is 0 Å². The van der Waals surface area contributed by atoms with Crippen molar-refractivity contribution >= 4 is 33.2 Å². The van der Waals surface area contributed by atoms with Crippen LogP contribution in [0.2, 0.25) is 5.02 Å². The smallest absolute Gasteiger partial charge is 0.123 e. The molecule has 0 aliphatic heterocycles. The highest BCUT2D eigenvalue weighted by Gasteiger charge is 2.07. The van der Waals surface area contributed by atoms with Crippen molar-refractivity contribution in [1.29, 1.82) is 0 Å². The van der Waals surface area contributed by atoms with Crippen LogP contribution in [0.15, 0.2) is 34.8 Å². The Hall–Kier alpha value is -1.19. The second-order valence-corrected chi connectivity index (χ2v) is 6.08. The Morgan fingerprint density at radius 3 is 2.40 bits per heavy atom. The zero-order valence-electron chi connectivity index (χ0n) is 11.8. The van der Waals surface area contributed by atoms with Crippen LogP contribution in [0, 0.1) is 13.8 Å². The molecular formula is C16H17BrClNO. The number of aryl methyl sites for hydroxylation is 2. The van der Waals surface area contributed by atoms with Gasteiger partial charge in [0.15, 0.2) is 0 Å². The van der Waals surface area contributed by atoms with Gasteiger partial charge in [-0.15, -0.1) is 0 Å².